The smallest absolute Gasteiger partial charge is 0.434 e. The van der Waals surface area contributed by atoms with E-state index < -0.39 is 35.0 Å². The van der Waals surface area contributed by atoms with Crippen LogP contribution in [0.3, 0.4) is 0 Å². The molecule has 13 heteroatoms. The molecule has 1 fully saturated rings. The van der Waals surface area contributed by atoms with Crippen LogP contribution in [0, 0.1) is 25.5 Å². The fourth-order valence-corrected chi connectivity index (χ4v) is 4.39. The molecule has 1 aliphatic heterocycles. The number of anilines is 2. The molecular formula is C25H25F5N6O2. The molecule has 0 bridgehead atoms. The molecule has 0 N–H and O–H groups in total. The molecule has 1 aliphatic rings. The minimum atomic E-state index is -4.87. The number of ether oxygens (including phenoxy) is 1. The SMILES string of the molecule is COC(=O)c1cnc(N2CCN(c3nnc(Cc4ccc(F)cc4F)c(C)c3C)C[C@H]2C)nc1C(F)(F)F. The molecule has 0 amide bonds. The highest BCUT2D eigenvalue weighted by Gasteiger charge is 2.39. The minimum absolute atomic E-state index is 0.146. The maximum absolute atomic E-state index is 14.1. The molecule has 3 heterocycles. The number of hydrogen-bond donors (Lipinski definition) is 0. The van der Waals surface area contributed by atoms with Crippen LogP contribution in [-0.4, -0.2) is 58.9 Å². The number of rotatable bonds is 5. The van der Waals surface area contributed by atoms with E-state index in [0.29, 0.717) is 36.7 Å². The summed E-state index contributed by atoms with van der Waals surface area (Å²) in [5.41, 5.74) is 0.393. The van der Waals surface area contributed by atoms with Crippen LogP contribution in [0.5, 0.6) is 0 Å². The van der Waals surface area contributed by atoms with E-state index in [9.17, 15) is 26.7 Å². The quantitative estimate of drug-likeness (QED) is 0.353. The van der Waals surface area contributed by atoms with Gasteiger partial charge in [0, 0.05) is 44.4 Å². The predicted octanol–water partition coefficient (Wildman–Crippen LogP) is 4.27. The third-order valence-corrected chi connectivity index (χ3v) is 6.60. The van der Waals surface area contributed by atoms with Crippen LogP contribution in [0.1, 0.15) is 45.4 Å². The Kier molecular flexibility index (Phi) is 7.47. The zero-order valence-electron chi connectivity index (χ0n) is 21.1. The highest BCUT2D eigenvalue weighted by atomic mass is 19.4. The van der Waals surface area contributed by atoms with Gasteiger partial charge in [-0.15, -0.1) is 5.10 Å². The Bertz CT molecular complexity index is 1370. The van der Waals surface area contributed by atoms with Crippen LogP contribution in [0.25, 0.3) is 0 Å². The molecule has 0 aliphatic carbocycles. The van der Waals surface area contributed by atoms with Gasteiger partial charge in [-0.1, -0.05) is 6.07 Å². The first-order valence-corrected chi connectivity index (χ1v) is 11.7. The van der Waals surface area contributed by atoms with E-state index in [0.717, 1.165) is 30.5 Å². The number of alkyl halides is 3. The highest BCUT2D eigenvalue weighted by molar-refractivity contribution is 5.90. The molecule has 1 atom stereocenters. The lowest BCUT2D eigenvalue weighted by Crippen LogP contribution is -2.53. The number of methoxy groups -OCH3 is 1. The van der Waals surface area contributed by atoms with E-state index in [1.807, 2.05) is 25.7 Å². The summed E-state index contributed by atoms with van der Waals surface area (Å²) in [6.07, 6.45) is -3.89. The number of esters is 1. The summed E-state index contributed by atoms with van der Waals surface area (Å²) in [5.74, 6) is -2.03. The lowest BCUT2D eigenvalue weighted by Gasteiger charge is -2.41. The van der Waals surface area contributed by atoms with Crippen molar-refractivity contribution in [2.75, 3.05) is 36.5 Å². The van der Waals surface area contributed by atoms with Crippen LogP contribution < -0.4 is 9.80 Å². The van der Waals surface area contributed by atoms with E-state index >= 15 is 0 Å². The van der Waals surface area contributed by atoms with E-state index in [1.54, 1.807) is 4.90 Å². The van der Waals surface area contributed by atoms with Crippen LogP contribution in [0.2, 0.25) is 0 Å². The van der Waals surface area contributed by atoms with Crippen LogP contribution >= 0.6 is 0 Å². The fourth-order valence-electron chi connectivity index (χ4n) is 4.39. The fraction of sp³-hybridized carbons (Fsp3) is 0.400. The largest absolute Gasteiger partial charge is 0.465 e. The number of piperazine rings is 1. The predicted molar refractivity (Wildman–Crippen MR) is 128 cm³/mol. The summed E-state index contributed by atoms with van der Waals surface area (Å²) in [4.78, 5) is 23.0. The second-order valence-electron chi connectivity index (χ2n) is 9.04. The number of nitrogens with zero attached hydrogens (tertiary/aromatic N) is 6. The van der Waals surface area contributed by atoms with Crippen molar-refractivity contribution >= 4 is 17.7 Å². The first kappa shape index (κ1) is 27.1. The van der Waals surface area contributed by atoms with Gasteiger partial charge in [0.05, 0.1) is 12.8 Å². The van der Waals surface area contributed by atoms with Crippen molar-refractivity contribution in [3.05, 3.63) is 69.7 Å². The molecule has 0 radical (unpaired) electrons. The zero-order valence-corrected chi connectivity index (χ0v) is 21.1. The molecule has 38 heavy (non-hydrogen) atoms. The van der Waals surface area contributed by atoms with Gasteiger partial charge in [-0.2, -0.15) is 18.3 Å². The minimum Gasteiger partial charge on any atom is -0.465 e. The number of hydrogen-bond acceptors (Lipinski definition) is 8. The molecular weight excluding hydrogens is 511 g/mol. The second-order valence-corrected chi connectivity index (χ2v) is 9.04. The van der Waals surface area contributed by atoms with Crippen molar-refractivity contribution in [3.8, 4) is 0 Å². The van der Waals surface area contributed by atoms with Gasteiger partial charge < -0.3 is 14.5 Å². The molecule has 202 valence electrons. The van der Waals surface area contributed by atoms with E-state index in [2.05, 4.69) is 24.9 Å². The van der Waals surface area contributed by atoms with Gasteiger partial charge >= 0.3 is 12.1 Å². The average Bonchev–Trinajstić information content (AvgIpc) is 2.87. The Morgan fingerprint density at radius 1 is 1.13 bits per heavy atom. The molecule has 0 unspecified atom stereocenters. The summed E-state index contributed by atoms with van der Waals surface area (Å²) < 4.78 is 72.6. The number of aromatic nitrogens is 4. The zero-order chi connectivity index (χ0) is 27.8. The topological polar surface area (TPSA) is 84.3 Å². The van der Waals surface area contributed by atoms with Crippen LogP contribution in [0.4, 0.5) is 33.7 Å². The van der Waals surface area contributed by atoms with Crippen LogP contribution in [0.15, 0.2) is 24.4 Å². The Labute approximate surface area is 215 Å². The van der Waals surface area contributed by atoms with E-state index in [-0.39, 0.29) is 18.4 Å². The third-order valence-electron chi connectivity index (χ3n) is 6.60. The molecule has 2 aromatic heterocycles. The monoisotopic (exact) mass is 536 g/mol. The number of benzene rings is 1. The summed E-state index contributed by atoms with van der Waals surface area (Å²) in [7, 11) is 0.984. The van der Waals surface area contributed by atoms with Gasteiger partial charge in [-0.05, 0) is 43.5 Å². The number of carbonyl (C=O) groups excluding carboxylic acids is 1. The molecule has 3 aromatic rings. The normalized spacial score (nSPS) is 16.1. The highest BCUT2D eigenvalue weighted by Crippen LogP contribution is 2.33. The molecule has 4 rings (SSSR count). The van der Waals surface area contributed by atoms with Gasteiger partial charge in [0.25, 0.3) is 0 Å². The standard InChI is InChI=1S/C25H25F5N6O2/c1-13-12-35(7-8-36(13)24-31-11-18(23(37)38-4)21(32-24)25(28,29)30)22-15(3)14(2)20(33-34-22)9-16-5-6-17(26)10-19(16)27/h5-6,10-11,13H,7-9,12H2,1-4H3/t13-/m1/s1. The lowest BCUT2D eigenvalue weighted by molar-refractivity contribution is -0.141. The molecule has 1 aromatic carbocycles. The summed E-state index contributed by atoms with van der Waals surface area (Å²) in [6.45, 7) is 6.61. The Morgan fingerprint density at radius 2 is 1.87 bits per heavy atom. The number of halogens is 5. The Morgan fingerprint density at radius 3 is 2.50 bits per heavy atom. The van der Waals surface area contributed by atoms with E-state index in [4.69, 9.17) is 0 Å². The molecule has 0 saturated carbocycles. The lowest BCUT2D eigenvalue weighted by atomic mass is 10.0. The summed E-state index contributed by atoms with van der Waals surface area (Å²) >= 11 is 0. The van der Waals surface area contributed by atoms with Gasteiger partial charge in [-0.25, -0.2) is 23.5 Å². The summed E-state index contributed by atoms with van der Waals surface area (Å²) in [6, 6.07) is 3.08. The van der Waals surface area contributed by atoms with Crippen molar-refractivity contribution in [3.63, 3.8) is 0 Å². The average molecular weight is 537 g/mol. The van der Waals surface area contributed by atoms with Gasteiger partial charge in [0.1, 0.15) is 17.2 Å². The Hall–Kier alpha value is -3.90. The maximum atomic E-state index is 14.1. The second kappa shape index (κ2) is 10.5. The number of carbonyl (C=O) groups is 1. The van der Waals surface area contributed by atoms with Crippen molar-refractivity contribution in [1.29, 1.82) is 0 Å². The van der Waals surface area contributed by atoms with Crippen molar-refractivity contribution in [2.24, 2.45) is 0 Å². The molecule has 8 nitrogen and oxygen atoms in total. The van der Waals surface area contributed by atoms with Crippen molar-refractivity contribution < 1.29 is 31.5 Å². The Balaban J connectivity index is 1.54. The van der Waals surface area contributed by atoms with Crippen LogP contribution in [-0.2, 0) is 17.3 Å². The van der Waals surface area contributed by atoms with Gasteiger partial charge in [-0.3, -0.25) is 0 Å². The molecule has 1 saturated heterocycles. The first-order valence-electron chi connectivity index (χ1n) is 11.7. The summed E-state index contributed by atoms with van der Waals surface area (Å²) in [5, 5.41) is 8.64. The first-order chi connectivity index (χ1) is 17.9. The molecule has 0 spiro atoms. The van der Waals surface area contributed by atoms with Gasteiger partial charge in [0.15, 0.2) is 11.5 Å². The van der Waals surface area contributed by atoms with Crippen molar-refractivity contribution in [2.45, 2.75) is 39.4 Å². The van der Waals surface area contributed by atoms with Crippen molar-refractivity contribution in [1.82, 2.24) is 20.2 Å². The van der Waals surface area contributed by atoms with E-state index in [1.165, 1.54) is 12.1 Å². The maximum Gasteiger partial charge on any atom is 0.434 e. The van der Waals surface area contributed by atoms with Gasteiger partial charge in [0.2, 0.25) is 5.95 Å². The third kappa shape index (κ3) is 5.36.